The van der Waals surface area contributed by atoms with Crippen LogP contribution in [-0.2, 0) is 11.8 Å². The molecule has 1 N–H and O–H groups in total. The van der Waals surface area contributed by atoms with Crippen LogP contribution in [0.15, 0.2) is 41.8 Å². The van der Waals surface area contributed by atoms with E-state index in [2.05, 4.69) is 4.98 Å². The fourth-order valence-electron chi connectivity index (χ4n) is 1.92. The smallest absolute Gasteiger partial charge is 0.338 e. The molecule has 0 aliphatic rings. The van der Waals surface area contributed by atoms with E-state index in [1.54, 1.807) is 30.5 Å². The monoisotopic (exact) mass is 400 g/mol. The number of aryl methyl sites for hydroxylation is 1. The molecule has 0 saturated carbocycles. The quantitative estimate of drug-likeness (QED) is 0.514. The number of carbonyl (C=O) groups is 1. The van der Waals surface area contributed by atoms with Crippen LogP contribution in [0.25, 0.3) is 0 Å². The Hall–Kier alpha value is -1.70. The average molecular weight is 401 g/mol. The van der Waals surface area contributed by atoms with Gasteiger partial charge in [0.15, 0.2) is 5.16 Å². The first-order valence-electron chi connectivity index (χ1n) is 8.14. The Morgan fingerprint density at radius 2 is 1.96 bits per heavy atom. The van der Waals surface area contributed by atoms with E-state index in [0.717, 1.165) is 5.16 Å². The van der Waals surface area contributed by atoms with Gasteiger partial charge in [0.1, 0.15) is 12.4 Å². The number of benzene rings is 1. The largest absolute Gasteiger partial charge is 0.491 e. The van der Waals surface area contributed by atoms with Crippen molar-refractivity contribution in [2.45, 2.75) is 25.1 Å². The third kappa shape index (κ3) is 7.27. The number of hydrogen-bond acceptors (Lipinski definition) is 6. The molecule has 0 aliphatic heterocycles. The van der Waals surface area contributed by atoms with E-state index in [0.29, 0.717) is 29.6 Å². The Kier molecular flexibility index (Phi) is 9.54. The summed E-state index contributed by atoms with van der Waals surface area (Å²) in [4.78, 5) is 16.0. The van der Waals surface area contributed by atoms with Gasteiger partial charge in [-0.15, -0.1) is 12.4 Å². The van der Waals surface area contributed by atoms with Crippen LogP contribution in [0.4, 0.5) is 0 Å². The van der Waals surface area contributed by atoms with Gasteiger partial charge in [-0.3, -0.25) is 0 Å². The van der Waals surface area contributed by atoms with Crippen molar-refractivity contribution in [1.82, 2.24) is 9.55 Å². The van der Waals surface area contributed by atoms with Crippen molar-refractivity contribution in [2.24, 2.45) is 13.0 Å². The van der Waals surface area contributed by atoms with Gasteiger partial charge in [-0.05, 0) is 30.2 Å². The maximum absolute atomic E-state index is 11.8. The average Bonchev–Trinajstić information content (AvgIpc) is 3.01. The predicted molar refractivity (Wildman–Crippen MR) is 104 cm³/mol. The molecule has 6 nitrogen and oxygen atoms in total. The molecule has 1 unspecified atom stereocenters. The zero-order valence-corrected chi connectivity index (χ0v) is 16.8. The summed E-state index contributed by atoms with van der Waals surface area (Å²) in [7, 11) is 1.91. The molecule has 0 fully saturated rings. The van der Waals surface area contributed by atoms with Crippen molar-refractivity contribution in [2.75, 3.05) is 19.0 Å². The first-order chi connectivity index (χ1) is 12.0. The van der Waals surface area contributed by atoms with Crippen molar-refractivity contribution < 1.29 is 19.4 Å². The van der Waals surface area contributed by atoms with E-state index in [-0.39, 0.29) is 25.0 Å². The molecule has 0 saturated heterocycles. The molecule has 0 radical (unpaired) electrons. The molecule has 0 amide bonds. The Labute approximate surface area is 164 Å². The van der Waals surface area contributed by atoms with Gasteiger partial charge in [-0.2, -0.15) is 0 Å². The molecule has 8 heteroatoms. The highest BCUT2D eigenvalue weighted by molar-refractivity contribution is 7.99. The van der Waals surface area contributed by atoms with Gasteiger partial charge in [0.2, 0.25) is 0 Å². The fourth-order valence-corrected chi connectivity index (χ4v) is 2.75. The maximum atomic E-state index is 11.8. The lowest BCUT2D eigenvalue weighted by atomic mass is 10.2. The summed E-state index contributed by atoms with van der Waals surface area (Å²) in [6.07, 6.45) is 2.97. The number of aliphatic hydroxyl groups excluding tert-OH is 1. The first-order valence-corrected chi connectivity index (χ1v) is 9.12. The number of imidazole rings is 1. The number of rotatable bonds is 9. The Morgan fingerprint density at radius 1 is 1.27 bits per heavy atom. The number of esters is 1. The van der Waals surface area contributed by atoms with E-state index < -0.39 is 6.10 Å². The number of hydrogen-bond donors (Lipinski definition) is 1. The predicted octanol–water partition coefficient (Wildman–Crippen LogP) is 3.19. The van der Waals surface area contributed by atoms with Crippen molar-refractivity contribution >= 4 is 30.1 Å². The molecule has 2 rings (SSSR count). The number of aliphatic hydroxyl groups is 1. The molecule has 0 aliphatic carbocycles. The third-order valence-electron chi connectivity index (χ3n) is 3.26. The summed E-state index contributed by atoms with van der Waals surface area (Å²) >= 11 is 1.47. The highest BCUT2D eigenvalue weighted by Gasteiger charge is 2.11. The molecule has 0 spiro atoms. The van der Waals surface area contributed by atoms with E-state index in [1.807, 2.05) is 31.7 Å². The molecule has 1 aromatic heterocycles. The SMILES string of the molecule is CC(C)COC(=O)c1ccc(OCC(O)CSc2nccn2C)cc1.Cl. The molecule has 2 aromatic rings. The van der Waals surface area contributed by atoms with Crippen molar-refractivity contribution in [1.29, 1.82) is 0 Å². The van der Waals surface area contributed by atoms with E-state index in [1.165, 1.54) is 11.8 Å². The topological polar surface area (TPSA) is 73.6 Å². The van der Waals surface area contributed by atoms with Gasteiger partial charge in [0.05, 0.1) is 18.3 Å². The Morgan fingerprint density at radius 3 is 2.54 bits per heavy atom. The zero-order valence-electron chi connectivity index (χ0n) is 15.1. The minimum Gasteiger partial charge on any atom is -0.491 e. The highest BCUT2D eigenvalue weighted by Crippen LogP contribution is 2.17. The van der Waals surface area contributed by atoms with Crippen LogP contribution in [0, 0.1) is 5.92 Å². The van der Waals surface area contributed by atoms with Gasteiger partial charge in [0, 0.05) is 25.2 Å². The summed E-state index contributed by atoms with van der Waals surface area (Å²) in [5.74, 6) is 1.05. The van der Waals surface area contributed by atoms with Crippen LogP contribution in [-0.4, -0.2) is 45.7 Å². The lowest BCUT2D eigenvalue weighted by Crippen LogP contribution is -2.20. The number of carbonyl (C=O) groups excluding carboxylic acids is 1. The third-order valence-corrected chi connectivity index (χ3v) is 4.46. The maximum Gasteiger partial charge on any atom is 0.338 e. The van der Waals surface area contributed by atoms with Crippen LogP contribution in [0.2, 0.25) is 0 Å². The standard InChI is InChI=1S/C18H24N2O4S.ClH/c1-13(2)10-24-17(22)14-4-6-16(7-5-14)23-11-15(21)12-25-18-19-8-9-20(18)3;/h4-9,13,15,21H,10-12H2,1-3H3;1H. The summed E-state index contributed by atoms with van der Waals surface area (Å²) < 4.78 is 12.6. The van der Waals surface area contributed by atoms with Crippen LogP contribution in [0.1, 0.15) is 24.2 Å². The van der Waals surface area contributed by atoms with Crippen LogP contribution in [0.5, 0.6) is 5.75 Å². The van der Waals surface area contributed by atoms with Gasteiger partial charge < -0.3 is 19.1 Å². The van der Waals surface area contributed by atoms with Gasteiger partial charge in [0.25, 0.3) is 0 Å². The molecule has 26 heavy (non-hydrogen) atoms. The van der Waals surface area contributed by atoms with E-state index >= 15 is 0 Å². The second kappa shape index (κ2) is 11.1. The van der Waals surface area contributed by atoms with Crippen LogP contribution >= 0.6 is 24.2 Å². The van der Waals surface area contributed by atoms with Crippen LogP contribution in [0.3, 0.4) is 0 Å². The Balaban J connectivity index is 0.00000338. The summed E-state index contributed by atoms with van der Waals surface area (Å²) in [5, 5.41) is 10.9. The lowest BCUT2D eigenvalue weighted by Gasteiger charge is -2.12. The van der Waals surface area contributed by atoms with Gasteiger partial charge in [-0.25, -0.2) is 9.78 Å². The number of aromatic nitrogens is 2. The van der Waals surface area contributed by atoms with Crippen molar-refractivity contribution in [3.05, 3.63) is 42.2 Å². The highest BCUT2D eigenvalue weighted by atomic mass is 35.5. The number of halogens is 1. The van der Waals surface area contributed by atoms with Crippen molar-refractivity contribution in [3.8, 4) is 5.75 Å². The number of thioether (sulfide) groups is 1. The molecule has 1 aromatic carbocycles. The normalized spacial score (nSPS) is 11.7. The molecular formula is C18H25ClN2O4S. The first kappa shape index (κ1) is 22.3. The second-order valence-electron chi connectivity index (χ2n) is 6.11. The van der Waals surface area contributed by atoms with Crippen LogP contribution < -0.4 is 4.74 Å². The number of ether oxygens (including phenoxy) is 2. The Bertz CT molecular complexity index is 676. The lowest BCUT2D eigenvalue weighted by molar-refractivity contribution is 0.0459. The van der Waals surface area contributed by atoms with Gasteiger partial charge >= 0.3 is 5.97 Å². The second-order valence-corrected chi connectivity index (χ2v) is 7.10. The minimum absolute atomic E-state index is 0. The summed E-state index contributed by atoms with van der Waals surface area (Å²) in [5.41, 5.74) is 0.485. The molecule has 0 bridgehead atoms. The summed E-state index contributed by atoms with van der Waals surface area (Å²) in [6, 6.07) is 6.72. The molecule has 144 valence electrons. The van der Waals surface area contributed by atoms with E-state index in [4.69, 9.17) is 9.47 Å². The van der Waals surface area contributed by atoms with E-state index in [9.17, 15) is 9.90 Å². The fraction of sp³-hybridized carbons (Fsp3) is 0.444. The summed E-state index contributed by atoms with van der Waals surface area (Å²) in [6.45, 7) is 4.55. The minimum atomic E-state index is -0.614. The number of nitrogens with zero attached hydrogens (tertiary/aromatic N) is 2. The van der Waals surface area contributed by atoms with Gasteiger partial charge in [-0.1, -0.05) is 25.6 Å². The zero-order chi connectivity index (χ0) is 18.2. The van der Waals surface area contributed by atoms with Crippen molar-refractivity contribution in [3.63, 3.8) is 0 Å². The molecule has 1 atom stereocenters. The molecular weight excluding hydrogens is 376 g/mol. The molecule has 1 heterocycles.